The fourth-order valence-electron chi connectivity index (χ4n) is 2.74. The van der Waals surface area contributed by atoms with Crippen LogP contribution >= 0.6 is 11.3 Å². The van der Waals surface area contributed by atoms with Crippen molar-refractivity contribution >= 4 is 38.5 Å². The van der Waals surface area contributed by atoms with Crippen molar-refractivity contribution in [1.82, 2.24) is 14.5 Å². The van der Waals surface area contributed by atoms with Crippen LogP contribution in [0.25, 0.3) is 6.08 Å². The second-order valence-electron chi connectivity index (χ2n) is 6.05. The summed E-state index contributed by atoms with van der Waals surface area (Å²) < 4.78 is 26.3. The molecule has 1 fully saturated rings. The van der Waals surface area contributed by atoms with E-state index in [0.717, 1.165) is 10.6 Å². The molecule has 1 amide bonds. The van der Waals surface area contributed by atoms with Gasteiger partial charge in [-0.05, 0) is 31.4 Å². The van der Waals surface area contributed by atoms with E-state index in [0.29, 0.717) is 31.1 Å². The summed E-state index contributed by atoms with van der Waals surface area (Å²) in [5, 5.41) is 13.0. The maximum absolute atomic E-state index is 12.5. The average Bonchev–Trinajstić information content (AvgIpc) is 3.06. The van der Waals surface area contributed by atoms with Gasteiger partial charge in [0.15, 0.2) is 0 Å². The molecule has 1 saturated heterocycles. The highest BCUT2D eigenvalue weighted by atomic mass is 32.2. The number of hydrogen-bond donors (Lipinski definition) is 1. The molecule has 0 radical (unpaired) electrons. The largest absolute Gasteiger partial charge is 0.300 e. The van der Waals surface area contributed by atoms with Gasteiger partial charge in [0.2, 0.25) is 21.1 Å². The van der Waals surface area contributed by atoms with Crippen molar-refractivity contribution in [2.75, 3.05) is 18.4 Å². The van der Waals surface area contributed by atoms with Crippen LogP contribution in [0.15, 0.2) is 35.7 Å². The van der Waals surface area contributed by atoms with Gasteiger partial charge in [-0.1, -0.05) is 41.7 Å². The zero-order valence-corrected chi connectivity index (χ0v) is 16.0. The number of nitrogens with zero attached hydrogens (tertiary/aromatic N) is 3. The van der Waals surface area contributed by atoms with Crippen LogP contribution in [0.3, 0.4) is 0 Å². The highest BCUT2D eigenvalue weighted by Gasteiger charge is 2.30. The van der Waals surface area contributed by atoms with Gasteiger partial charge >= 0.3 is 0 Å². The van der Waals surface area contributed by atoms with Gasteiger partial charge in [0.25, 0.3) is 0 Å². The third kappa shape index (κ3) is 4.75. The Balaban J connectivity index is 1.55. The summed E-state index contributed by atoms with van der Waals surface area (Å²) in [5.74, 6) is -0.346. The monoisotopic (exact) mass is 392 g/mol. The first-order valence-corrected chi connectivity index (χ1v) is 10.6. The normalized spacial score (nSPS) is 16.8. The highest BCUT2D eigenvalue weighted by molar-refractivity contribution is 7.92. The molecule has 0 spiro atoms. The number of carbonyl (C=O) groups is 1. The van der Waals surface area contributed by atoms with Crippen molar-refractivity contribution in [3.8, 4) is 0 Å². The molecule has 0 aliphatic carbocycles. The lowest BCUT2D eigenvalue weighted by molar-refractivity contribution is -0.120. The Kier molecular flexibility index (Phi) is 5.80. The summed E-state index contributed by atoms with van der Waals surface area (Å²) in [5.41, 5.74) is 0.831. The Bertz CT molecular complexity index is 886. The molecule has 1 aromatic carbocycles. The van der Waals surface area contributed by atoms with E-state index in [4.69, 9.17) is 0 Å². The molecule has 1 N–H and O–H groups in total. The molecular formula is C17H20N4O3S2. The Morgan fingerprint density at radius 1 is 1.23 bits per heavy atom. The summed E-state index contributed by atoms with van der Waals surface area (Å²) >= 11 is 1.32. The molecule has 0 unspecified atom stereocenters. The standard InChI is InChI=1S/C17H20N4O3S2/c1-13-19-20-17(25-13)18-16(22)15-7-10-21(11-8-15)26(23,24)12-9-14-5-3-2-4-6-14/h2-6,9,12,15H,7-8,10-11H2,1H3,(H,18,20,22). The third-order valence-corrected chi connectivity index (χ3v) is 6.49. The predicted octanol–water partition coefficient (Wildman–Crippen LogP) is 2.50. The number of piperidine rings is 1. The van der Waals surface area contributed by atoms with Gasteiger partial charge in [0, 0.05) is 24.4 Å². The lowest BCUT2D eigenvalue weighted by Crippen LogP contribution is -2.40. The molecule has 7 nitrogen and oxygen atoms in total. The summed E-state index contributed by atoms with van der Waals surface area (Å²) in [6.07, 6.45) is 2.57. The molecule has 138 valence electrons. The van der Waals surface area contributed by atoms with E-state index in [-0.39, 0.29) is 11.8 Å². The average molecular weight is 393 g/mol. The SMILES string of the molecule is Cc1nnc(NC(=O)C2CCN(S(=O)(=O)C=Cc3ccccc3)CC2)s1. The summed E-state index contributed by atoms with van der Waals surface area (Å²) in [7, 11) is -3.49. The number of amides is 1. The van der Waals surface area contributed by atoms with Crippen LogP contribution in [0.2, 0.25) is 0 Å². The number of nitrogens with one attached hydrogen (secondary N) is 1. The molecule has 9 heteroatoms. The highest BCUT2D eigenvalue weighted by Crippen LogP contribution is 2.23. The van der Waals surface area contributed by atoms with Crippen LogP contribution < -0.4 is 5.32 Å². The van der Waals surface area contributed by atoms with Crippen LogP contribution in [0.4, 0.5) is 5.13 Å². The van der Waals surface area contributed by atoms with Crippen LogP contribution in [-0.4, -0.2) is 41.9 Å². The molecule has 1 aliphatic heterocycles. The zero-order valence-electron chi connectivity index (χ0n) is 14.3. The predicted molar refractivity (Wildman–Crippen MR) is 102 cm³/mol. The summed E-state index contributed by atoms with van der Waals surface area (Å²) in [6.45, 7) is 2.48. The van der Waals surface area contributed by atoms with Gasteiger partial charge < -0.3 is 5.32 Å². The van der Waals surface area contributed by atoms with E-state index in [1.54, 1.807) is 6.08 Å². The lowest BCUT2D eigenvalue weighted by atomic mass is 9.97. The van der Waals surface area contributed by atoms with Crippen LogP contribution in [0.5, 0.6) is 0 Å². The number of sulfonamides is 1. The topological polar surface area (TPSA) is 92.3 Å². The molecule has 1 aliphatic rings. The lowest BCUT2D eigenvalue weighted by Gasteiger charge is -2.29. The maximum atomic E-state index is 12.5. The molecule has 3 rings (SSSR count). The number of anilines is 1. The minimum Gasteiger partial charge on any atom is -0.300 e. The maximum Gasteiger partial charge on any atom is 0.236 e. The Morgan fingerprint density at radius 3 is 2.54 bits per heavy atom. The van der Waals surface area contributed by atoms with Crippen LogP contribution in [-0.2, 0) is 14.8 Å². The quantitative estimate of drug-likeness (QED) is 0.844. The van der Waals surface area contributed by atoms with Crippen molar-refractivity contribution in [2.24, 2.45) is 5.92 Å². The molecule has 0 atom stereocenters. The minimum atomic E-state index is -3.49. The Morgan fingerprint density at radius 2 is 1.92 bits per heavy atom. The molecule has 1 aromatic heterocycles. The van der Waals surface area contributed by atoms with Crippen molar-refractivity contribution in [2.45, 2.75) is 19.8 Å². The number of aromatic nitrogens is 2. The fraction of sp³-hybridized carbons (Fsp3) is 0.353. The van der Waals surface area contributed by atoms with Gasteiger partial charge in [-0.2, -0.15) is 4.31 Å². The second-order valence-corrected chi connectivity index (χ2v) is 9.05. The van der Waals surface area contributed by atoms with E-state index in [1.807, 2.05) is 37.3 Å². The number of hydrogen-bond acceptors (Lipinski definition) is 6. The van der Waals surface area contributed by atoms with Gasteiger partial charge in [0.05, 0.1) is 0 Å². The van der Waals surface area contributed by atoms with E-state index < -0.39 is 10.0 Å². The fourth-order valence-corrected chi connectivity index (χ4v) is 4.56. The number of carbonyl (C=O) groups excluding carboxylic acids is 1. The van der Waals surface area contributed by atoms with Crippen molar-refractivity contribution in [3.05, 3.63) is 46.3 Å². The third-order valence-electron chi connectivity index (χ3n) is 4.17. The molecule has 0 bridgehead atoms. The van der Waals surface area contributed by atoms with Crippen molar-refractivity contribution < 1.29 is 13.2 Å². The van der Waals surface area contributed by atoms with Crippen LogP contribution in [0, 0.1) is 12.8 Å². The number of rotatable bonds is 5. The first kappa shape index (κ1) is 18.7. The van der Waals surface area contributed by atoms with Gasteiger partial charge in [0.1, 0.15) is 5.01 Å². The van der Waals surface area contributed by atoms with E-state index in [2.05, 4.69) is 15.5 Å². The van der Waals surface area contributed by atoms with E-state index >= 15 is 0 Å². The molecule has 0 saturated carbocycles. The first-order valence-electron chi connectivity index (χ1n) is 8.28. The number of aryl methyl sites for hydroxylation is 1. The summed E-state index contributed by atoms with van der Waals surface area (Å²) in [4.78, 5) is 12.3. The molecule has 26 heavy (non-hydrogen) atoms. The molecular weight excluding hydrogens is 372 g/mol. The number of benzene rings is 1. The van der Waals surface area contributed by atoms with E-state index in [1.165, 1.54) is 21.1 Å². The van der Waals surface area contributed by atoms with Gasteiger partial charge in [-0.15, -0.1) is 10.2 Å². The van der Waals surface area contributed by atoms with Crippen molar-refractivity contribution in [1.29, 1.82) is 0 Å². The molecule has 2 heterocycles. The Hall–Kier alpha value is -2.10. The molecule has 2 aromatic rings. The van der Waals surface area contributed by atoms with Gasteiger partial charge in [-0.25, -0.2) is 8.42 Å². The first-order chi connectivity index (χ1) is 12.4. The van der Waals surface area contributed by atoms with Gasteiger partial charge in [-0.3, -0.25) is 4.79 Å². The minimum absolute atomic E-state index is 0.127. The van der Waals surface area contributed by atoms with Crippen LogP contribution in [0.1, 0.15) is 23.4 Å². The second kappa shape index (κ2) is 8.07. The Labute approximate surface area is 156 Å². The smallest absolute Gasteiger partial charge is 0.236 e. The summed E-state index contributed by atoms with van der Waals surface area (Å²) in [6, 6.07) is 9.28. The zero-order chi connectivity index (χ0) is 18.6. The van der Waals surface area contributed by atoms with E-state index in [9.17, 15) is 13.2 Å². The van der Waals surface area contributed by atoms with Crippen molar-refractivity contribution in [3.63, 3.8) is 0 Å².